The van der Waals surface area contributed by atoms with Crippen LogP contribution in [0.3, 0.4) is 0 Å². The van der Waals surface area contributed by atoms with Crippen LogP contribution in [-0.2, 0) is 0 Å². The van der Waals surface area contributed by atoms with Gasteiger partial charge in [0.1, 0.15) is 0 Å². The first kappa shape index (κ1) is 16.1. The van der Waals surface area contributed by atoms with Crippen molar-refractivity contribution in [3.05, 3.63) is 59.7 Å². The normalized spacial score (nSPS) is 10.6. The van der Waals surface area contributed by atoms with Gasteiger partial charge in [-0.2, -0.15) is 0 Å². The zero-order valence-corrected chi connectivity index (χ0v) is 13.2. The highest BCUT2D eigenvalue weighted by atomic mass is 32.2. The minimum atomic E-state index is -1.11. The molecular weight excluding hydrogens is 336 g/mol. The number of benzene rings is 2. The van der Waals surface area contributed by atoms with Crippen molar-refractivity contribution in [1.82, 2.24) is 10.2 Å². The van der Waals surface area contributed by atoms with E-state index in [4.69, 9.17) is 4.42 Å². The molecule has 1 heterocycles. The molecule has 5 nitrogen and oxygen atoms in total. The number of thioether (sulfide) groups is 1. The molecule has 0 fully saturated rings. The second kappa shape index (κ2) is 6.79. The van der Waals surface area contributed by atoms with Gasteiger partial charge in [-0.1, -0.05) is 11.2 Å². The van der Waals surface area contributed by atoms with E-state index in [-0.39, 0.29) is 17.5 Å². The fourth-order valence-electron chi connectivity index (χ4n) is 1.95. The van der Waals surface area contributed by atoms with E-state index >= 15 is 0 Å². The summed E-state index contributed by atoms with van der Waals surface area (Å²) in [4.78, 5) is 13.0. The van der Waals surface area contributed by atoms with Crippen LogP contribution in [0.5, 0.6) is 0 Å². The maximum atomic E-state index is 13.2. The summed E-state index contributed by atoms with van der Waals surface area (Å²) in [6, 6.07) is 10.2. The predicted octanol–water partition coefficient (Wildman–Crippen LogP) is 3.99. The first-order chi connectivity index (χ1) is 11.6. The lowest BCUT2D eigenvalue weighted by Gasteiger charge is -2.01. The minimum Gasteiger partial charge on any atom is -0.403 e. The van der Waals surface area contributed by atoms with Crippen molar-refractivity contribution < 1.29 is 18.0 Å². The van der Waals surface area contributed by atoms with E-state index in [9.17, 15) is 13.6 Å². The Morgan fingerprint density at radius 2 is 1.96 bits per heavy atom. The fourth-order valence-corrected chi connectivity index (χ4v) is 2.41. The number of hydrogen-bond acceptors (Lipinski definition) is 5. The van der Waals surface area contributed by atoms with Gasteiger partial charge in [0, 0.05) is 16.0 Å². The van der Waals surface area contributed by atoms with E-state index in [1.54, 1.807) is 17.8 Å². The highest BCUT2D eigenvalue weighted by Gasteiger charge is 2.14. The van der Waals surface area contributed by atoms with Crippen molar-refractivity contribution in [3.8, 4) is 11.5 Å². The van der Waals surface area contributed by atoms with Crippen molar-refractivity contribution in [1.29, 1.82) is 0 Å². The molecular formula is C16H11F2N3O2S. The number of carbonyl (C=O) groups excluding carboxylic acids is 1. The molecule has 0 aliphatic heterocycles. The molecule has 3 rings (SSSR count). The smallest absolute Gasteiger partial charge is 0.322 e. The van der Waals surface area contributed by atoms with Gasteiger partial charge in [-0.15, -0.1) is 16.9 Å². The summed E-state index contributed by atoms with van der Waals surface area (Å²) in [5.74, 6) is -2.57. The molecule has 0 spiro atoms. The zero-order valence-electron chi connectivity index (χ0n) is 12.4. The second-order valence-corrected chi connectivity index (χ2v) is 5.61. The lowest BCUT2D eigenvalue weighted by molar-refractivity contribution is 0.102. The van der Waals surface area contributed by atoms with Crippen LogP contribution in [0.4, 0.5) is 14.8 Å². The summed E-state index contributed by atoms with van der Waals surface area (Å²) in [6.07, 6.45) is 1.94. The van der Waals surface area contributed by atoms with Gasteiger partial charge in [-0.25, -0.2) is 8.78 Å². The van der Waals surface area contributed by atoms with E-state index in [1.165, 1.54) is 0 Å². The molecule has 1 aromatic heterocycles. The molecule has 0 saturated heterocycles. The molecule has 0 bridgehead atoms. The fraction of sp³-hybridized carbons (Fsp3) is 0.0625. The van der Waals surface area contributed by atoms with Gasteiger partial charge >= 0.3 is 6.01 Å². The van der Waals surface area contributed by atoms with E-state index in [2.05, 4.69) is 15.5 Å². The SMILES string of the molecule is CSc1cccc(-c2nnc(NC(=O)c3ccc(F)c(F)c3)o2)c1. The minimum absolute atomic E-state index is 0.0574. The van der Waals surface area contributed by atoms with Crippen molar-refractivity contribution in [2.45, 2.75) is 4.90 Å². The third-order valence-electron chi connectivity index (χ3n) is 3.14. The Labute approximate surface area is 140 Å². The summed E-state index contributed by atoms with van der Waals surface area (Å²) in [7, 11) is 0. The Hall–Kier alpha value is -2.74. The summed E-state index contributed by atoms with van der Waals surface area (Å²) in [5.41, 5.74) is 0.653. The molecule has 1 N–H and O–H groups in total. The number of aromatic nitrogens is 2. The Balaban J connectivity index is 1.78. The van der Waals surface area contributed by atoms with Gasteiger partial charge < -0.3 is 4.42 Å². The van der Waals surface area contributed by atoms with Crippen molar-refractivity contribution in [2.75, 3.05) is 11.6 Å². The van der Waals surface area contributed by atoms with Crippen molar-refractivity contribution in [3.63, 3.8) is 0 Å². The van der Waals surface area contributed by atoms with Crippen LogP contribution in [0, 0.1) is 11.6 Å². The molecule has 24 heavy (non-hydrogen) atoms. The van der Waals surface area contributed by atoms with Gasteiger partial charge in [-0.05, 0) is 42.7 Å². The van der Waals surface area contributed by atoms with Gasteiger partial charge in [0.2, 0.25) is 5.89 Å². The third-order valence-corrected chi connectivity index (χ3v) is 3.87. The average molecular weight is 347 g/mol. The maximum Gasteiger partial charge on any atom is 0.322 e. The number of nitrogens with zero attached hydrogens (tertiary/aromatic N) is 2. The van der Waals surface area contributed by atoms with E-state index in [0.717, 1.165) is 23.1 Å². The number of rotatable bonds is 4. The highest BCUT2D eigenvalue weighted by Crippen LogP contribution is 2.24. The van der Waals surface area contributed by atoms with Crippen LogP contribution in [-0.4, -0.2) is 22.4 Å². The lowest BCUT2D eigenvalue weighted by atomic mass is 10.2. The number of carbonyl (C=O) groups is 1. The maximum absolute atomic E-state index is 13.2. The largest absolute Gasteiger partial charge is 0.403 e. The standard InChI is InChI=1S/C16H11F2N3O2S/c1-24-11-4-2-3-10(7-11)15-20-21-16(23-15)19-14(22)9-5-6-12(17)13(18)8-9/h2-8H,1H3,(H,19,21,22). The number of amides is 1. The summed E-state index contributed by atoms with van der Waals surface area (Å²) in [6.45, 7) is 0. The Morgan fingerprint density at radius 1 is 1.12 bits per heavy atom. The van der Waals surface area contributed by atoms with Crippen molar-refractivity contribution in [2.24, 2.45) is 0 Å². The van der Waals surface area contributed by atoms with Gasteiger partial charge in [0.15, 0.2) is 11.6 Å². The first-order valence-corrected chi connectivity index (χ1v) is 8.03. The van der Waals surface area contributed by atoms with E-state index in [1.807, 2.05) is 24.5 Å². The monoisotopic (exact) mass is 347 g/mol. The van der Waals surface area contributed by atoms with E-state index < -0.39 is 17.5 Å². The second-order valence-electron chi connectivity index (χ2n) is 4.73. The highest BCUT2D eigenvalue weighted by molar-refractivity contribution is 7.98. The predicted molar refractivity (Wildman–Crippen MR) is 85.8 cm³/mol. The van der Waals surface area contributed by atoms with E-state index in [0.29, 0.717) is 5.56 Å². The molecule has 3 aromatic rings. The van der Waals surface area contributed by atoms with Gasteiger partial charge in [0.25, 0.3) is 5.91 Å². The van der Waals surface area contributed by atoms with Crippen LogP contribution in [0.25, 0.3) is 11.5 Å². The summed E-state index contributed by atoms with van der Waals surface area (Å²) in [5, 5.41) is 9.95. The van der Waals surface area contributed by atoms with Gasteiger partial charge in [0.05, 0.1) is 0 Å². The summed E-state index contributed by atoms with van der Waals surface area (Å²) >= 11 is 1.57. The van der Waals surface area contributed by atoms with Crippen LogP contribution in [0.15, 0.2) is 51.8 Å². The Bertz CT molecular complexity index is 899. The molecule has 1 amide bonds. The molecule has 2 aromatic carbocycles. The zero-order chi connectivity index (χ0) is 17.1. The number of hydrogen-bond donors (Lipinski definition) is 1. The molecule has 0 aliphatic rings. The van der Waals surface area contributed by atoms with Crippen molar-refractivity contribution >= 4 is 23.7 Å². The van der Waals surface area contributed by atoms with Crippen LogP contribution in [0.1, 0.15) is 10.4 Å². The quantitative estimate of drug-likeness (QED) is 0.723. The Morgan fingerprint density at radius 3 is 2.71 bits per heavy atom. The molecule has 0 radical (unpaired) electrons. The van der Waals surface area contributed by atoms with Crippen LogP contribution >= 0.6 is 11.8 Å². The Kier molecular flexibility index (Phi) is 4.57. The molecule has 0 aliphatic carbocycles. The molecule has 122 valence electrons. The molecule has 0 atom stereocenters. The topological polar surface area (TPSA) is 68.0 Å². The van der Waals surface area contributed by atoms with Crippen LogP contribution in [0.2, 0.25) is 0 Å². The molecule has 0 unspecified atom stereocenters. The molecule has 0 saturated carbocycles. The average Bonchev–Trinajstić information content (AvgIpc) is 3.06. The number of nitrogens with one attached hydrogen (secondary N) is 1. The van der Waals surface area contributed by atoms with Crippen LogP contribution < -0.4 is 5.32 Å². The third kappa shape index (κ3) is 3.43. The molecule has 8 heteroatoms. The number of halogens is 2. The number of anilines is 1. The summed E-state index contributed by atoms with van der Waals surface area (Å²) < 4.78 is 31.4. The van der Waals surface area contributed by atoms with Gasteiger partial charge in [-0.3, -0.25) is 10.1 Å². The lowest BCUT2D eigenvalue weighted by Crippen LogP contribution is -2.12. The first-order valence-electron chi connectivity index (χ1n) is 6.81.